The van der Waals surface area contributed by atoms with Crippen LogP contribution in [-0.4, -0.2) is 30.4 Å². The van der Waals surface area contributed by atoms with Crippen molar-refractivity contribution in [2.75, 3.05) is 11.9 Å². The molecular weight excluding hydrogens is 398 g/mol. The smallest absolute Gasteiger partial charge is 0.375 e. The second kappa shape index (κ2) is 9.75. The molecule has 0 bridgehead atoms. The van der Waals surface area contributed by atoms with Gasteiger partial charge in [-0.25, -0.2) is 4.79 Å². The minimum atomic E-state index is -1.05. The van der Waals surface area contributed by atoms with E-state index in [1.54, 1.807) is 54.6 Å². The first-order valence-corrected chi connectivity index (χ1v) is 9.84. The molecule has 0 unspecified atom stereocenters. The van der Waals surface area contributed by atoms with E-state index in [1.165, 1.54) is 19.9 Å². The second-order valence-corrected chi connectivity index (χ2v) is 6.76. The minimum absolute atomic E-state index is 0.0278. The summed E-state index contributed by atoms with van der Waals surface area (Å²) in [5.41, 5.74) is 1.79. The molecule has 1 amide bonds. The summed E-state index contributed by atoms with van der Waals surface area (Å²) in [5, 5.41) is 2.70. The van der Waals surface area contributed by atoms with Gasteiger partial charge >= 0.3 is 5.97 Å². The normalized spacial score (nSPS) is 11.5. The van der Waals surface area contributed by atoms with Crippen molar-refractivity contribution in [3.05, 3.63) is 72.0 Å². The SMILES string of the molecule is CCOc1ccccc1NC(=O)[C@H](C)OC(=O)c1ccc(-c2ccc(C(C)=O)cc2)o1. The lowest BCUT2D eigenvalue weighted by molar-refractivity contribution is -0.123. The summed E-state index contributed by atoms with van der Waals surface area (Å²) in [6, 6.07) is 16.9. The van der Waals surface area contributed by atoms with Crippen molar-refractivity contribution < 1.29 is 28.3 Å². The van der Waals surface area contributed by atoms with Crippen LogP contribution in [0, 0.1) is 0 Å². The number of amides is 1. The predicted octanol–water partition coefficient (Wildman–Crippen LogP) is 4.73. The highest BCUT2D eigenvalue weighted by Gasteiger charge is 2.22. The molecule has 1 atom stereocenters. The topological polar surface area (TPSA) is 94.8 Å². The Morgan fingerprint density at radius 1 is 1.00 bits per heavy atom. The maximum atomic E-state index is 12.4. The van der Waals surface area contributed by atoms with Gasteiger partial charge in [-0.15, -0.1) is 0 Å². The van der Waals surface area contributed by atoms with E-state index in [9.17, 15) is 14.4 Å². The van der Waals surface area contributed by atoms with Gasteiger partial charge in [0.25, 0.3) is 5.91 Å². The number of furan rings is 1. The Hall–Kier alpha value is -3.87. The van der Waals surface area contributed by atoms with E-state index < -0.39 is 18.0 Å². The number of para-hydroxylation sites is 2. The molecule has 3 rings (SSSR count). The van der Waals surface area contributed by atoms with Crippen molar-refractivity contribution in [3.8, 4) is 17.1 Å². The first-order chi connectivity index (χ1) is 14.9. The fourth-order valence-corrected chi connectivity index (χ4v) is 2.83. The van der Waals surface area contributed by atoms with E-state index >= 15 is 0 Å². The van der Waals surface area contributed by atoms with Gasteiger partial charge in [-0.2, -0.15) is 0 Å². The third kappa shape index (κ3) is 5.39. The lowest BCUT2D eigenvalue weighted by Gasteiger charge is -2.15. The molecule has 0 saturated heterocycles. The van der Waals surface area contributed by atoms with Crippen LogP contribution in [0.1, 0.15) is 41.7 Å². The average Bonchev–Trinajstić information content (AvgIpc) is 3.26. The fourth-order valence-electron chi connectivity index (χ4n) is 2.83. The Kier molecular flexibility index (Phi) is 6.87. The van der Waals surface area contributed by atoms with Gasteiger partial charge in [-0.1, -0.05) is 36.4 Å². The molecule has 0 fully saturated rings. The number of rotatable bonds is 8. The number of ether oxygens (including phenoxy) is 2. The van der Waals surface area contributed by atoms with E-state index in [-0.39, 0.29) is 11.5 Å². The molecule has 31 heavy (non-hydrogen) atoms. The molecule has 1 N–H and O–H groups in total. The van der Waals surface area contributed by atoms with Gasteiger partial charge in [-0.3, -0.25) is 9.59 Å². The first-order valence-electron chi connectivity index (χ1n) is 9.84. The number of hydrogen-bond donors (Lipinski definition) is 1. The number of carbonyl (C=O) groups excluding carboxylic acids is 3. The summed E-state index contributed by atoms with van der Waals surface area (Å²) in [6.45, 7) is 5.26. The number of Topliss-reactive ketones (excluding diaryl/α,β-unsaturated/α-hetero) is 1. The number of esters is 1. The molecule has 0 aliphatic rings. The van der Waals surface area contributed by atoms with E-state index in [0.717, 1.165) is 0 Å². The molecule has 3 aromatic rings. The number of nitrogens with one attached hydrogen (secondary N) is 1. The molecule has 0 aliphatic carbocycles. The zero-order valence-electron chi connectivity index (χ0n) is 17.5. The summed E-state index contributed by atoms with van der Waals surface area (Å²) in [5.74, 6) is -0.334. The number of ketones is 1. The molecule has 7 nitrogen and oxygen atoms in total. The van der Waals surface area contributed by atoms with E-state index in [2.05, 4.69) is 5.32 Å². The zero-order chi connectivity index (χ0) is 22.4. The molecule has 1 aromatic heterocycles. The quantitative estimate of drug-likeness (QED) is 0.417. The monoisotopic (exact) mass is 421 g/mol. The Balaban J connectivity index is 1.63. The van der Waals surface area contributed by atoms with Gasteiger partial charge in [0.1, 0.15) is 11.5 Å². The largest absolute Gasteiger partial charge is 0.492 e. The van der Waals surface area contributed by atoms with Crippen LogP contribution < -0.4 is 10.1 Å². The molecule has 1 heterocycles. The van der Waals surface area contributed by atoms with Gasteiger partial charge in [0.05, 0.1) is 12.3 Å². The van der Waals surface area contributed by atoms with Crippen LogP contribution in [0.25, 0.3) is 11.3 Å². The van der Waals surface area contributed by atoms with E-state index in [0.29, 0.717) is 34.9 Å². The van der Waals surface area contributed by atoms with Gasteiger partial charge in [0.15, 0.2) is 11.9 Å². The number of benzene rings is 2. The molecule has 2 aromatic carbocycles. The lowest BCUT2D eigenvalue weighted by atomic mass is 10.1. The Labute approximate surface area is 180 Å². The maximum absolute atomic E-state index is 12.4. The van der Waals surface area contributed by atoms with Crippen LogP contribution in [0.3, 0.4) is 0 Å². The van der Waals surface area contributed by atoms with Gasteiger partial charge in [0, 0.05) is 11.1 Å². The number of anilines is 1. The average molecular weight is 421 g/mol. The summed E-state index contributed by atoms with van der Waals surface area (Å²) < 4.78 is 16.3. The zero-order valence-corrected chi connectivity index (χ0v) is 17.5. The van der Waals surface area contributed by atoms with E-state index in [4.69, 9.17) is 13.9 Å². The van der Waals surface area contributed by atoms with Crippen LogP contribution >= 0.6 is 0 Å². The standard InChI is InChI=1S/C24H23NO6/c1-4-29-21-8-6-5-7-19(21)25-23(27)16(3)30-24(28)22-14-13-20(31-22)18-11-9-17(10-12-18)15(2)26/h5-14,16H,4H2,1-3H3,(H,25,27)/t16-/m0/s1. The third-order valence-electron chi connectivity index (χ3n) is 4.48. The van der Waals surface area contributed by atoms with Crippen molar-refractivity contribution >= 4 is 23.3 Å². The van der Waals surface area contributed by atoms with Gasteiger partial charge < -0.3 is 19.2 Å². The Bertz CT molecular complexity index is 1080. The predicted molar refractivity (Wildman–Crippen MR) is 115 cm³/mol. The second-order valence-electron chi connectivity index (χ2n) is 6.76. The van der Waals surface area contributed by atoms with Crippen molar-refractivity contribution in [2.24, 2.45) is 0 Å². The first kappa shape index (κ1) is 21.8. The van der Waals surface area contributed by atoms with E-state index in [1.807, 2.05) is 6.92 Å². The van der Waals surface area contributed by atoms with Crippen LogP contribution in [0.4, 0.5) is 5.69 Å². The summed E-state index contributed by atoms with van der Waals surface area (Å²) in [7, 11) is 0. The van der Waals surface area contributed by atoms with Crippen molar-refractivity contribution in [2.45, 2.75) is 26.9 Å². The highest BCUT2D eigenvalue weighted by atomic mass is 16.6. The van der Waals surface area contributed by atoms with Crippen LogP contribution in [0.5, 0.6) is 5.75 Å². The number of carbonyl (C=O) groups is 3. The van der Waals surface area contributed by atoms with Crippen molar-refractivity contribution in [1.29, 1.82) is 0 Å². The molecule has 0 aliphatic heterocycles. The van der Waals surface area contributed by atoms with Gasteiger partial charge in [-0.05, 0) is 45.0 Å². The van der Waals surface area contributed by atoms with Crippen molar-refractivity contribution in [3.63, 3.8) is 0 Å². The highest BCUT2D eigenvalue weighted by Crippen LogP contribution is 2.25. The van der Waals surface area contributed by atoms with Crippen LogP contribution in [0.2, 0.25) is 0 Å². The van der Waals surface area contributed by atoms with Crippen LogP contribution in [-0.2, 0) is 9.53 Å². The Morgan fingerprint density at radius 3 is 2.39 bits per heavy atom. The minimum Gasteiger partial charge on any atom is -0.492 e. The molecular formula is C24H23NO6. The molecule has 160 valence electrons. The molecule has 0 spiro atoms. The number of hydrogen-bond acceptors (Lipinski definition) is 6. The fraction of sp³-hybridized carbons (Fsp3) is 0.208. The summed E-state index contributed by atoms with van der Waals surface area (Å²) in [4.78, 5) is 36.2. The molecule has 0 saturated carbocycles. The third-order valence-corrected chi connectivity index (χ3v) is 4.48. The van der Waals surface area contributed by atoms with Crippen molar-refractivity contribution in [1.82, 2.24) is 0 Å². The Morgan fingerprint density at radius 2 is 1.71 bits per heavy atom. The molecule has 0 radical (unpaired) electrons. The highest BCUT2D eigenvalue weighted by molar-refractivity contribution is 5.97. The van der Waals surface area contributed by atoms with Crippen LogP contribution in [0.15, 0.2) is 65.1 Å². The van der Waals surface area contributed by atoms with Gasteiger partial charge in [0.2, 0.25) is 5.76 Å². The molecule has 7 heteroatoms. The lowest BCUT2D eigenvalue weighted by Crippen LogP contribution is -2.30. The summed E-state index contributed by atoms with van der Waals surface area (Å²) >= 11 is 0. The summed E-state index contributed by atoms with van der Waals surface area (Å²) in [6.07, 6.45) is -1.05. The maximum Gasteiger partial charge on any atom is 0.375 e.